The lowest BCUT2D eigenvalue weighted by molar-refractivity contribution is -0.915. The number of likely N-dealkylation sites (tertiary alicyclic amines) is 1. The smallest absolute Gasteiger partial charge is 0.329 e. The van der Waals surface area contributed by atoms with E-state index in [1.165, 1.54) is 4.90 Å². The summed E-state index contributed by atoms with van der Waals surface area (Å²) in [5, 5.41) is 12.5. The molecule has 3 amide bonds. The molecule has 0 aromatic heterocycles. The molecule has 3 rings (SSSR count). The van der Waals surface area contributed by atoms with Crippen molar-refractivity contribution in [1.82, 2.24) is 10.2 Å². The number of rotatable bonds is 3. The van der Waals surface area contributed by atoms with Gasteiger partial charge in [-0.1, -0.05) is 30.3 Å². The molecular formula is C16H22N3O3+. The number of imide groups is 1. The van der Waals surface area contributed by atoms with Gasteiger partial charge in [-0.2, -0.15) is 0 Å². The van der Waals surface area contributed by atoms with Crippen LogP contribution in [0, 0.1) is 0 Å². The summed E-state index contributed by atoms with van der Waals surface area (Å²) in [7, 11) is 0. The maximum Gasteiger partial charge on any atom is 0.329 e. The normalized spacial score (nSPS) is 32.2. The van der Waals surface area contributed by atoms with Crippen molar-refractivity contribution >= 4 is 11.9 Å². The van der Waals surface area contributed by atoms with Gasteiger partial charge in [-0.05, 0) is 25.3 Å². The zero-order valence-electron chi connectivity index (χ0n) is 12.7. The van der Waals surface area contributed by atoms with E-state index in [0.29, 0.717) is 13.2 Å². The van der Waals surface area contributed by atoms with Gasteiger partial charge in [0, 0.05) is 0 Å². The van der Waals surface area contributed by atoms with Gasteiger partial charge in [0.15, 0.2) is 6.67 Å². The van der Waals surface area contributed by atoms with E-state index in [1.807, 2.05) is 30.3 Å². The molecule has 22 heavy (non-hydrogen) atoms. The van der Waals surface area contributed by atoms with Gasteiger partial charge >= 0.3 is 6.03 Å². The Morgan fingerprint density at radius 1 is 1.36 bits per heavy atom. The van der Waals surface area contributed by atoms with Gasteiger partial charge in [0.1, 0.15) is 18.2 Å². The molecule has 1 aromatic carbocycles. The molecule has 3 atom stereocenters. The lowest BCUT2D eigenvalue weighted by Crippen LogP contribution is -3.15. The number of nitrogens with one attached hydrogen (secondary N) is 2. The van der Waals surface area contributed by atoms with Gasteiger partial charge in [0.05, 0.1) is 6.54 Å². The van der Waals surface area contributed by atoms with Crippen LogP contribution in [0.5, 0.6) is 0 Å². The van der Waals surface area contributed by atoms with Crippen molar-refractivity contribution in [2.75, 3.05) is 19.8 Å². The van der Waals surface area contributed by atoms with Crippen LogP contribution in [0.2, 0.25) is 0 Å². The molecular weight excluding hydrogens is 282 g/mol. The third-order valence-electron chi connectivity index (χ3n) is 4.60. The lowest BCUT2D eigenvalue weighted by Gasteiger charge is -2.29. The molecule has 1 aromatic rings. The first-order valence-corrected chi connectivity index (χ1v) is 7.72. The quantitative estimate of drug-likeness (QED) is 0.656. The summed E-state index contributed by atoms with van der Waals surface area (Å²) in [5.41, 5.74) is -0.226. The van der Waals surface area contributed by atoms with Crippen molar-refractivity contribution in [3.05, 3.63) is 35.9 Å². The van der Waals surface area contributed by atoms with Crippen LogP contribution in [0.15, 0.2) is 30.3 Å². The van der Waals surface area contributed by atoms with Crippen LogP contribution in [0.1, 0.15) is 25.3 Å². The Hall–Kier alpha value is -1.92. The Bertz CT molecular complexity index is 577. The number of quaternary nitrogens is 1. The van der Waals surface area contributed by atoms with E-state index in [-0.39, 0.29) is 18.0 Å². The number of hydrogen-bond acceptors (Lipinski definition) is 3. The molecule has 0 bridgehead atoms. The van der Waals surface area contributed by atoms with Crippen molar-refractivity contribution in [3.8, 4) is 0 Å². The van der Waals surface area contributed by atoms with Gasteiger partial charge in [0.25, 0.3) is 5.91 Å². The fourth-order valence-corrected chi connectivity index (χ4v) is 3.30. The van der Waals surface area contributed by atoms with E-state index < -0.39 is 5.54 Å². The first kappa shape index (κ1) is 15.0. The summed E-state index contributed by atoms with van der Waals surface area (Å²) in [5.74, 6) is -0.226. The highest BCUT2D eigenvalue weighted by atomic mass is 16.3. The molecule has 0 saturated carbocycles. The van der Waals surface area contributed by atoms with Gasteiger partial charge < -0.3 is 15.3 Å². The van der Waals surface area contributed by atoms with Crippen LogP contribution in [-0.2, 0) is 10.3 Å². The topological polar surface area (TPSA) is 74.1 Å². The molecule has 2 aliphatic rings. The van der Waals surface area contributed by atoms with Crippen LogP contribution in [0.4, 0.5) is 4.79 Å². The molecule has 2 saturated heterocycles. The molecule has 3 N–H and O–H groups in total. The van der Waals surface area contributed by atoms with E-state index in [2.05, 4.69) is 5.32 Å². The highest BCUT2D eigenvalue weighted by Gasteiger charge is 2.50. The maximum atomic E-state index is 12.8. The summed E-state index contributed by atoms with van der Waals surface area (Å²) in [6.45, 7) is 3.50. The number of hydrogen-bond donors (Lipinski definition) is 3. The number of aliphatic hydroxyl groups excluding tert-OH is 1. The standard InChI is InChI=1S/C16H21N3O3/c1-16(12-6-3-2-4-7-12)14(21)19(15(22)17-16)11-18-9-5-8-13(20)10-18/h2-4,6-7,13,20H,5,8-11H2,1H3,(H,17,22)/p+1/t13-,16-/m0/s1. The molecule has 6 heteroatoms. The van der Waals surface area contributed by atoms with Crippen molar-refractivity contribution in [2.24, 2.45) is 0 Å². The largest absolute Gasteiger partial charge is 0.387 e. The molecule has 0 spiro atoms. The van der Waals surface area contributed by atoms with Crippen LogP contribution in [0.3, 0.4) is 0 Å². The number of piperidine rings is 1. The fourth-order valence-electron chi connectivity index (χ4n) is 3.30. The Balaban J connectivity index is 1.77. The third-order valence-corrected chi connectivity index (χ3v) is 4.60. The summed E-state index contributed by atoms with van der Waals surface area (Å²) in [6, 6.07) is 8.93. The molecule has 6 nitrogen and oxygen atoms in total. The molecule has 118 valence electrons. The number of benzene rings is 1. The first-order valence-electron chi connectivity index (χ1n) is 7.72. The summed E-state index contributed by atoms with van der Waals surface area (Å²) >= 11 is 0. The Labute approximate surface area is 129 Å². The second-order valence-electron chi connectivity index (χ2n) is 6.31. The van der Waals surface area contributed by atoms with E-state index in [0.717, 1.165) is 29.8 Å². The summed E-state index contributed by atoms with van der Waals surface area (Å²) in [4.78, 5) is 27.4. The minimum absolute atomic E-state index is 0.226. The Morgan fingerprint density at radius 3 is 2.77 bits per heavy atom. The molecule has 0 radical (unpaired) electrons. The predicted molar refractivity (Wildman–Crippen MR) is 80.0 cm³/mol. The minimum atomic E-state index is -1.01. The van der Waals surface area contributed by atoms with E-state index in [1.54, 1.807) is 6.92 Å². The second kappa shape index (κ2) is 5.70. The molecule has 2 heterocycles. The molecule has 2 fully saturated rings. The van der Waals surface area contributed by atoms with Gasteiger partial charge in [0.2, 0.25) is 0 Å². The number of carbonyl (C=O) groups is 2. The van der Waals surface area contributed by atoms with Crippen molar-refractivity contribution in [3.63, 3.8) is 0 Å². The van der Waals surface area contributed by atoms with Crippen LogP contribution < -0.4 is 10.2 Å². The van der Waals surface area contributed by atoms with E-state index in [4.69, 9.17) is 0 Å². The first-order chi connectivity index (χ1) is 10.5. The number of nitrogens with zero attached hydrogens (tertiary/aromatic N) is 1. The number of amides is 3. The number of carbonyl (C=O) groups excluding carboxylic acids is 2. The molecule has 2 aliphatic heterocycles. The maximum absolute atomic E-state index is 12.8. The van der Waals surface area contributed by atoms with Crippen molar-refractivity contribution in [1.29, 1.82) is 0 Å². The molecule has 1 unspecified atom stereocenters. The summed E-state index contributed by atoms with van der Waals surface area (Å²) < 4.78 is 0. The average Bonchev–Trinajstić information content (AvgIpc) is 2.73. The number of urea groups is 1. The lowest BCUT2D eigenvalue weighted by atomic mass is 9.92. The summed E-state index contributed by atoms with van der Waals surface area (Å²) in [6.07, 6.45) is 1.37. The van der Waals surface area contributed by atoms with Gasteiger partial charge in [-0.25, -0.2) is 9.69 Å². The van der Waals surface area contributed by atoms with Crippen molar-refractivity contribution in [2.45, 2.75) is 31.4 Å². The zero-order valence-corrected chi connectivity index (χ0v) is 12.7. The third kappa shape index (κ3) is 2.60. The van der Waals surface area contributed by atoms with Gasteiger partial charge in [-0.3, -0.25) is 4.79 Å². The molecule has 0 aliphatic carbocycles. The highest BCUT2D eigenvalue weighted by molar-refractivity contribution is 6.07. The SMILES string of the molecule is C[C@@]1(c2ccccc2)NC(=O)N(C[NH+]2CCC[C@H](O)C2)C1=O. The van der Waals surface area contributed by atoms with E-state index in [9.17, 15) is 14.7 Å². The minimum Gasteiger partial charge on any atom is -0.387 e. The van der Waals surface area contributed by atoms with Crippen molar-refractivity contribution < 1.29 is 19.6 Å². The second-order valence-corrected chi connectivity index (χ2v) is 6.31. The van der Waals surface area contributed by atoms with E-state index >= 15 is 0 Å². The van der Waals surface area contributed by atoms with Crippen LogP contribution in [-0.4, -0.2) is 47.8 Å². The average molecular weight is 304 g/mol. The van der Waals surface area contributed by atoms with Gasteiger partial charge in [-0.15, -0.1) is 0 Å². The predicted octanol–water partition coefficient (Wildman–Crippen LogP) is -0.549. The monoisotopic (exact) mass is 304 g/mol. The Kier molecular flexibility index (Phi) is 3.88. The Morgan fingerprint density at radius 2 is 2.09 bits per heavy atom. The fraction of sp³-hybridized carbons (Fsp3) is 0.500. The number of aliphatic hydroxyl groups is 1. The van der Waals surface area contributed by atoms with Crippen LogP contribution >= 0.6 is 0 Å². The van der Waals surface area contributed by atoms with Crippen LogP contribution in [0.25, 0.3) is 0 Å². The zero-order chi connectivity index (χ0) is 15.7. The highest BCUT2D eigenvalue weighted by Crippen LogP contribution is 2.27.